The topological polar surface area (TPSA) is 88.5 Å². The molecule has 0 aliphatic heterocycles. The Labute approximate surface area is 163 Å². The lowest BCUT2D eigenvalue weighted by Gasteiger charge is -2.03. The van der Waals surface area contributed by atoms with Crippen molar-refractivity contribution in [3.05, 3.63) is 74.6 Å². The van der Waals surface area contributed by atoms with Crippen LogP contribution in [0.5, 0.6) is 5.75 Å². The maximum atomic E-state index is 12.6. The van der Waals surface area contributed by atoms with E-state index in [1.54, 1.807) is 50.4 Å². The van der Waals surface area contributed by atoms with Gasteiger partial charge in [0.1, 0.15) is 5.75 Å². The minimum Gasteiger partial charge on any atom is -0.497 e. The first-order chi connectivity index (χ1) is 13.0. The number of hydrogen-bond acceptors (Lipinski definition) is 3. The molecule has 0 unspecified atom stereocenters. The molecule has 1 heterocycles. The van der Waals surface area contributed by atoms with E-state index >= 15 is 0 Å². The summed E-state index contributed by atoms with van der Waals surface area (Å²) in [4.78, 5) is 28.4. The molecule has 0 spiro atoms. The highest BCUT2D eigenvalue weighted by atomic mass is 79.9. The standard InChI is InChI=1S/C19H17BrN4O3/c1-12-17(18(25)24(23-12)15-7-3-13(20)4-8-15)11-21-19(26)22-14-5-9-16(27-2)10-6-14/h3-11,23H,1-2H3,(H,22,26). The molecule has 8 heteroatoms. The second-order valence-corrected chi connectivity index (χ2v) is 6.60. The molecule has 138 valence electrons. The van der Waals surface area contributed by atoms with E-state index in [1.807, 2.05) is 12.1 Å². The lowest BCUT2D eigenvalue weighted by molar-refractivity contribution is 0.259. The van der Waals surface area contributed by atoms with Crippen molar-refractivity contribution in [2.75, 3.05) is 12.4 Å². The van der Waals surface area contributed by atoms with Crippen LogP contribution in [0.15, 0.2) is 62.8 Å². The number of benzene rings is 2. The number of ether oxygens (including phenoxy) is 1. The summed E-state index contributed by atoms with van der Waals surface area (Å²) in [6, 6.07) is 13.6. The van der Waals surface area contributed by atoms with Gasteiger partial charge < -0.3 is 10.1 Å². The van der Waals surface area contributed by atoms with Crippen LogP contribution < -0.4 is 15.6 Å². The number of rotatable bonds is 4. The van der Waals surface area contributed by atoms with Crippen LogP contribution in [-0.2, 0) is 0 Å². The van der Waals surface area contributed by atoms with Crippen LogP contribution in [0.25, 0.3) is 5.69 Å². The fraction of sp³-hybridized carbons (Fsp3) is 0.105. The van der Waals surface area contributed by atoms with E-state index in [9.17, 15) is 9.59 Å². The number of aromatic nitrogens is 2. The summed E-state index contributed by atoms with van der Waals surface area (Å²) in [6.07, 6.45) is 1.27. The number of nitrogens with zero attached hydrogens (tertiary/aromatic N) is 2. The van der Waals surface area contributed by atoms with Crippen LogP contribution in [0.4, 0.5) is 10.5 Å². The van der Waals surface area contributed by atoms with Crippen LogP contribution in [0.3, 0.4) is 0 Å². The van der Waals surface area contributed by atoms with Crippen molar-refractivity contribution in [3.8, 4) is 11.4 Å². The van der Waals surface area contributed by atoms with Gasteiger partial charge in [-0.2, -0.15) is 0 Å². The average Bonchev–Trinajstić information content (AvgIpc) is 2.95. The van der Waals surface area contributed by atoms with E-state index in [2.05, 4.69) is 31.3 Å². The number of aliphatic imine (C=N–C) groups is 1. The van der Waals surface area contributed by atoms with Crippen LogP contribution in [-0.4, -0.2) is 29.1 Å². The smallest absolute Gasteiger partial charge is 0.345 e. The van der Waals surface area contributed by atoms with Crippen molar-refractivity contribution in [3.63, 3.8) is 0 Å². The Morgan fingerprint density at radius 3 is 2.48 bits per heavy atom. The van der Waals surface area contributed by atoms with E-state index < -0.39 is 6.03 Å². The molecule has 2 N–H and O–H groups in total. The summed E-state index contributed by atoms with van der Waals surface area (Å²) in [7, 11) is 1.57. The molecule has 2 amide bonds. The Bertz CT molecular complexity index is 1030. The molecule has 0 bridgehead atoms. The molecule has 0 radical (unpaired) electrons. The molecular weight excluding hydrogens is 412 g/mol. The van der Waals surface area contributed by atoms with Crippen molar-refractivity contribution in [2.24, 2.45) is 4.99 Å². The van der Waals surface area contributed by atoms with Gasteiger partial charge in [-0.1, -0.05) is 15.9 Å². The molecule has 0 saturated carbocycles. The number of anilines is 1. The van der Waals surface area contributed by atoms with E-state index in [4.69, 9.17) is 4.74 Å². The van der Waals surface area contributed by atoms with E-state index in [-0.39, 0.29) is 5.56 Å². The number of carbonyl (C=O) groups excluding carboxylic acids is 1. The van der Waals surface area contributed by atoms with Gasteiger partial charge in [0.15, 0.2) is 0 Å². The van der Waals surface area contributed by atoms with Gasteiger partial charge in [0.05, 0.1) is 18.4 Å². The lowest BCUT2D eigenvalue weighted by Crippen LogP contribution is -2.17. The van der Waals surface area contributed by atoms with Crippen LogP contribution in [0, 0.1) is 6.92 Å². The van der Waals surface area contributed by atoms with Gasteiger partial charge in [-0.25, -0.2) is 14.5 Å². The zero-order valence-electron chi connectivity index (χ0n) is 14.7. The summed E-state index contributed by atoms with van der Waals surface area (Å²) in [6.45, 7) is 1.75. The number of aromatic amines is 1. The van der Waals surface area contributed by atoms with Crippen molar-refractivity contribution in [1.82, 2.24) is 9.78 Å². The van der Waals surface area contributed by atoms with Gasteiger partial charge in [0.25, 0.3) is 5.56 Å². The molecule has 27 heavy (non-hydrogen) atoms. The minimum absolute atomic E-state index is 0.282. The molecule has 1 aromatic heterocycles. The van der Waals surface area contributed by atoms with Crippen molar-refractivity contribution < 1.29 is 9.53 Å². The Balaban J connectivity index is 1.77. The van der Waals surface area contributed by atoms with Gasteiger partial charge in [-0.3, -0.25) is 9.89 Å². The summed E-state index contributed by atoms with van der Waals surface area (Å²) in [5, 5.41) is 5.62. The first-order valence-electron chi connectivity index (χ1n) is 8.04. The predicted octanol–water partition coefficient (Wildman–Crippen LogP) is 3.90. The Morgan fingerprint density at radius 2 is 1.85 bits per heavy atom. The molecule has 7 nitrogen and oxygen atoms in total. The Morgan fingerprint density at radius 1 is 1.19 bits per heavy atom. The zero-order chi connectivity index (χ0) is 19.4. The monoisotopic (exact) mass is 428 g/mol. The highest BCUT2D eigenvalue weighted by molar-refractivity contribution is 9.10. The minimum atomic E-state index is -0.574. The molecule has 0 aliphatic rings. The molecule has 0 atom stereocenters. The zero-order valence-corrected chi connectivity index (χ0v) is 16.3. The van der Waals surface area contributed by atoms with Gasteiger partial charge in [-0.15, -0.1) is 0 Å². The summed E-state index contributed by atoms with van der Waals surface area (Å²) in [5.41, 5.74) is 1.92. The first-order valence-corrected chi connectivity index (χ1v) is 8.84. The SMILES string of the molecule is COc1ccc(NC(=O)N=Cc2c(C)[nH]n(-c3ccc(Br)cc3)c2=O)cc1. The molecule has 3 rings (SSSR count). The first kappa shape index (κ1) is 18.7. The largest absolute Gasteiger partial charge is 0.497 e. The number of hydrogen-bond donors (Lipinski definition) is 2. The highest BCUT2D eigenvalue weighted by Crippen LogP contribution is 2.15. The van der Waals surface area contributed by atoms with Crippen LogP contribution >= 0.6 is 15.9 Å². The lowest BCUT2D eigenvalue weighted by atomic mass is 10.3. The molecule has 0 saturated heterocycles. The van der Waals surface area contributed by atoms with Gasteiger partial charge in [0.2, 0.25) is 0 Å². The number of aryl methyl sites for hydroxylation is 1. The third-order valence-corrected chi connectivity index (χ3v) is 4.38. The highest BCUT2D eigenvalue weighted by Gasteiger charge is 2.11. The van der Waals surface area contributed by atoms with Gasteiger partial charge in [0, 0.05) is 22.1 Å². The number of urea groups is 1. The van der Waals surface area contributed by atoms with Gasteiger partial charge in [-0.05, 0) is 55.5 Å². The van der Waals surface area contributed by atoms with Crippen LogP contribution in [0.2, 0.25) is 0 Å². The van der Waals surface area contributed by atoms with E-state index in [0.29, 0.717) is 28.4 Å². The number of carbonyl (C=O) groups is 1. The third kappa shape index (κ3) is 4.35. The van der Waals surface area contributed by atoms with Crippen molar-refractivity contribution in [2.45, 2.75) is 6.92 Å². The maximum absolute atomic E-state index is 12.6. The van der Waals surface area contributed by atoms with E-state index in [0.717, 1.165) is 4.47 Å². The molecule has 0 aliphatic carbocycles. The average molecular weight is 429 g/mol. The summed E-state index contributed by atoms with van der Waals surface area (Å²) in [5.74, 6) is 0.688. The Hall–Kier alpha value is -3.13. The fourth-order valence-electron chi connectivity index (χ4n) is 2.44. The number of H-pyrrole nitrogens is 1. The third-order valence-electron chi connectivity index (χ3n) is 3.85. The summed E-state index contributed by atoms with van der Waals surface area (Å²) >= 11 is 3.36. The molecule has 3 aromatic rings. The quantitative estimate of drug-likeness (QED) is 0.617. The number of nitrogens with one attached hydrogen (secondary N) is 2. The fourth-order valence-corrected chi connectivity index (χ4v) is 2.70. The normalized spacial score (nSPS) is 10.9. The summed E-state index contributed by atoms with van der Waals surface area (Å²) < 4.78 is 7.39. The van der Waals surface area contributed by atoms with E-state index in [1.165, 1.54) is 10.9 Å². The molecular formula is C19H17BrN4O3. The van der Waals surface area contributed by atoms with Crippen molar-refractivity contribution >= 4 is 33.9 Å². The Kier molecular flexibility index (Phi) is 5.56. The van der Waals surface area contributed by atoms with Gasteiger partial charge >= 0.3 is 6.03 Å². The predicted molar refractivity (Wildman–Crippen MR) is 108 cm³/mol. The second kappa shape index (κ2) is 8.05. The number of methoxy groups -OCH3 is 1. The second-order valence-electron chi connectivity index (χ2n) is 5.68. The molecule has 0 fully saturated rings. The number of halogens is 1. The maximum Gasteiger partial charge on any atom is 0.345 e. The molecule has 2 aromatic carbocycles. The van der Waals surface area contributed by atoms with Crippen LogP contribution in [0.1, 0.15) is 11.3 Å². The van der Waals surface area contributed by atoms with Crippen molar-refractivity contribution in [1.29, 1.82) is 0 Å². The number of amides is 2.